The van der Waals surface area contributed by atoms with E-state index in [0.29, 0.717) is 0 Å². The van der Waals surface area contributed by atoms with Gasteiger partial charge in [-0.15, -0.1) is 6.58 Å². The van der Waals surface area contributed by atoms with Gasteiger partial charge in [-0.3, -0.25) is 4.79 Å². The van der Waals surface area contributed by atoms with Crippen molar-refractivity contribution in [1.29, 1.82) is 0 Å². The van der Waals surface area contributed by atoms with E-state index in [1.807, 2.05) is 0 Å². The minimum Gasteiger partial charge on any atom is -0.394 e. The molecule has 232 valence electrons. The van der Waals surface area contributed by atoms with Gasteiger partial charge in [0.05, 0.1) is 25.9 Å². The molecular weight excluding hydrogens is 542 g/mol. The van der Waals surface area contributed by atoms with Crippen molar-refractivity contribution in [3.8, 4) is 0 Å². The van der Waals surface area contributed by atoms with Crippen LogP contribution in [0.2, 0.25) is 0 Å². The van der Waals surface area contributed by atoms with Gasteiger partial charge in [-0.25, -0.2) is 0 Å². The summed E-state index contributed by atoms with van der Waals surface area (Å²) in [5.41, 5.74) is 0. The first-order chi connectivity index (χ1) is 19.0. The molecule has 3 saturated heterocycles. The number of carbonyl (C=O) groups is 1. The fourth-order valence-corrected chi connectivity index (χ4v) is 4.91. The smallest absolute Gasteiger partial charge is 0.217 e. The molecule has 0 spiro atoms. The van der Waals surface area contributed by atoms with Crippen LogP contribution in [-0.4, -0.2) is 161 Å². The van der Waals surface area contributed by atoms with Crippen molar-refractivity contribution in [2.75, 3.05) is 26.9 Å². The summed E-state index contributed by atoms with van der Waals surface area (Å²) in [7, 11) is 1.24. The molecule has 16 nitrogen and oxygen atoms in total. The van der Waals surface area contributed by atoms with Gasteiger partial charge >= 0.3 is 0 Å². The summed E-state index contributed by atoms with van der Waals surface area (Å²) >= 11 is 0. The molecule has 1 amide bonds. The third kappa shape index (κ3) is 7.16. The van der Waals surface area contributed by atoms with Gasteiger partial charge in [0.25, 0.3) is 0 Å². The van der Waals surface area contributed by atoms with E-state index < -0.39 is 111 Å². The van der Waals surface area contributed by atoms with Crippen LogP contribution >= 0.6 is 0 Å². The highest BCUT2D eigenvalue weighted by atomic mass is 16.8. The Kier molecular flexibility index (Phi) is 12.2. The molecule has 3 rings (SSSR count). The molecule has 0 aliphatic carbocycles. The topological polar surface area (TPSA) is 235 Å². The van der Waals surface area contributed by atoms with E-state index in [-0.39, 0.29) is 6.61 Å². The summed E-state index contributed by atoms with van der Waals surface area (Å²) in [6, 6.07) is -1.18. The third-order valence-corrected chi connectivity index (χ3v) is 7.07. The van der Waals surface area contributed by atoms with E-state index in [0.717, 1.165) is 0 Å². The molecule has 3 aliphatic heterocycles. The molecule has 40 heavy (non-hydrogen) atoms. The summed E-state index contributed by atoms with van der Waals surface area (Å²) < 4.78 is 39.7. The second-order valence-electron chi connectivity index (χ2n) is 9.86. The molecule has 0 aromatic carbocycles. The fourth-order valence-electron chi connectivity index (χ4n) is 4.91. The monoisotopic (exact) mass is 583 g/mol. The van der Waals surface area contributed by atoms with E-state index in [1.54, 1.807) is 0 Å². The summed E-state index contributed by atoms with van der Waals surface area (Å²) in [5, 5.41) is 75.3. The second kappa shape index (κ2) is 14.7. The summed E-state index contributed by atoms with van der Waals surface area (Å²) in [6.07, 6.45) is -18.3. The highest BCUT2D eigenvalue weighted by Gasteiger charge is 2.54. The Labute approximate surface area is 230 Å². The van der Waals surface area contributed by atoms with Gasteiger partial charge in [-0.1, -0.05) is 6.08 Å². The van der Waals surface area contributed by atoms with Crippen molar-refractivity contribution in [2.45, 2.75) is 106 Å². The Morgan fingerprint density at radius 3 is 1.95 bits per heavy atom. The van der Waals surface area contributed by atoms with E-state index in [9.17, 15) is 40.5 Å². The summed E-state index contributed by atoms with van der Waals surface area (Å²) in [4.78, 5) is 12.0. The van der Waals surface area contributed by atoms with Crippen LogP contribution in [0.15, 0.2) is 12.7 Å². The zero-order chi connectivity index (χ0) is 29.7. The van der Waals surface area contributed by atoms with Crippen LogP contribution in [-0.2, 0) is 38.0 Å². The number of aliphatic hydroxyl groups is 7. The maximum Gasteiger partial charge on any atom is 0.217 e. The van der Waals surface area contributed by atoms with Crippen molar-refractivity contribution < 1.29 is 73.7 Å². The van der Waals surface area contributed by atoms with Gasteiger partial charge in [0.15, 0.2) is 18.9 Å². The van der Waals surface area contributed by atoms with Crippen LogP contribution in [0.1, 0.15) is 13.8 Å². The lowest BCUT2D eigenvalue weighted by Gasteiger charge is -2.49. The first-order valence-corrected chi connectivity index (χ1v) is 12.9. The van der Waals surface area contributed by atoms with Crippen molar-refractivity contribution in [1.82, 2.24) is 5.32 Å². The maximum atomic E-state index is 12.0. The number of ether oxygens (including phenoxy) is 7. The first kappa shape index (κ1) is 33.2. The number of nitrogens with one attached hydrogen (secondary N) is 1. The lowest BCUT2D eigenvalue weighted by Crippen LogP contribution is -2.69. The number of hydrogen-bond acceptors (Lipinski definition) is 15. The number of aliphatic hydroxyl groups excluding tert-OH is 7. The van der Waals surface area contributed by atoms with E-state index in [2.05, 4.69) is 11.9 Å². The largest absolute Gasteiger partial charge is 0.394 e. The average Bonchev–Trinajstić information content (AvgIpc) is 2.92. The van der Waals surface area contributed by atoms with Crippen molar-refractivity contribution >= 4 is 5.91 Å². The van der Waals surface area contributed by atoms with Gasteiger partial charge in [0, 0.05) is 14.0 Å². The second-order valence-corrected chi connectivity index (χ2v) is 9.86. The number of hydrogen-bond donors (Lipinski definition) is 8. The average molecular weight is 584 g/mol. The van der Waals surface area contributed by atoms with Crippen LogP contribution in [0.3, 0.4) is 0 Å². The standard InChI is InChI=1S/C24H41NO15/c1-5-6-35-22-13(25-10(3)28)19(16(31)12(8-27)37-22)39-24-21(18(33)15(30)11(7-26)38-24)40-23-20(34-4)17(32)14(29)9(2)36-23/h5,9,11-24,26-27,29-33H,1,6-8H2,2-4H3,(H,25,28)/t9-,11+,12+,13+,14+,15-,16-,17+,18-,19+,20-,21+,22-,23-,24-/m0/s1. The van der Waals surface area contributed by atoms with Crippen LogP contribution < -0.4 is 5.32 Å². The van der Waals surface area contributed by atoms with Crippen molar-refractivity contribution in [2.24, 2.45) is 0 Å². The van der Waals surface area contributed by atoms with Gasteiger partial charge < -0.3 is 74.2 Å². The molecule has 0 aromatic rings. The molecule has 0 aromatic heterocycles. The van der Waals surface area contributed by atoms with E-state index in [1.165, 1.54) is 27.0 Å². The normalized spacial score (nSPS) is 46.1. The predicted octanol–water partition coefficient (Wildman–Crippen LogP) is -4.54. The summed E-state index contributed by atoms with van der Waals surface area (Å²) in [6.45, 7) is 4.84. The highest BCUT2D eigenvalue weighted by Crippen LogP contribution is 2.33. The maximum absolute atomic E-state index is 12.0. The Balaban J connectivity index is 1.94. The lowest BCUT2D eigenvalue weighted by atomic mass is 9.95. The van der Waals surface area contributed by atoms with Crippen LogP contribution in [0.25, 0.3) is 0 Å². The molecule has 3 aliphatic rings. The van der Waals surface area contributed by atoms with Crippen molar-refractivity contribution in [3.05, 3.63) is 12.7 Å². The molecule has 0 radical (unpaired) electrons. The lowest BCUT2D eigenvalue weighted by molar-refractivity contribution is -0.382. The molecule has 0 bridgehead atoms. The molecule has 0 unspecified atom stereocenters. The third-order valence-electron chi connectivity index (χ3n) is 7.07. The zero-order valence-corrected chi connectivity index (χ0v) is 22.5. The Bertz CT molecular complexity index is 821. The van der Waals surface area contributed by atoms with Crippen LogP contribution in [0, 0.1) is 0 Å². The molecule has 3 heterocycles. The number of carbonyl (C=O) groups excluding carboxylic acids is 1. The molecule has 15 atom stereocenters. The van der Waals surface area contributed by atoms with Crippen LogP contribution in [0.5, 0.6) is 0 Å². The minimum absolute atomic E-state index is 0.0192. The fraction of sp³-hybridized carbons (Fsp3) is 0.875. The Morgan fingerprint density at radius 1 is 0.825 bits per heavy atom. The SMILES string of the molecule is C=CCO[C@H]1O[C@H](CO)[C@H](O)[C@H](O[C@@H]2O[C@H](CO)[C@H](O)[C@H](O)[C@H]2O[C@@H]2O[C@@H](C)[C@@H](O)[C@@H](O)[C@@H]2OC)[C@H]1NC(C)=O. The summed E-state index contributed by atoms with van der Waals surface area (Å²) in [5.74, 6) is -0.537. The first-order valence-electron chi connectivity index (χ1n) is 12.9. The highest BCUT2D eigenvalue weighted by molar-refractivity contribution is 5.73. The van der Waals surface area contributed by atoms with Gasteiger partial charge in [0.1, 0.15) is 67.1 Å². The number of amides is 1. The van der Waals surface area contributed by atoms with Crippen LogP contribution in [0.4, 0.5) is 0 Å². The van der Waals surface area contributed by atoms with Gasteiger partial charge in [0.2, 0.25) is 5.91 Å². The molecule has 0 saturated carbocycles. The van der Waals surface area contributed by atoms with Gasteiger partial charge in [-0.2, -0.15) is 0 Å². The minimum atomic E-state index is -1.76. The van der Waals surface area contributed by atoms with E-state index in [4.69, 9.17) is 33.2 Å². The zero-order valence-electron chi connectivity index (χ0n) is 22.5. The molecule has 8 N–H and O–H groups in total. The van der Waals surface area contributed by atoms with Gasteiger partial charge in [-0.05, 0) is 6.92 Å². The quantitative estimate of drug-likeness (QED) is 0.107. The number of rotatable bonds is 11. The number of methoxy groups -OCH3 is 1. The molecule has 16 heteroatoms. The van der Waals surface area contributed by atoms with Crippen molar-refractivity contribution in [3.63, 3.8) is 0 Å². The Hall–Kier alpha value is -1.35. The predicted molar refractivity (Wildman–Crippen MR) is 130 cm³/mol. The van der Waals surface area contributed by atoms with E-state index >= 15 is 0 Å². The Morgan fingerprint density at radius 2 is 1.38 bits per heavy atom. The molecule has 3 fully saturated rings. The molecular formula is C24H41NO15.